The van der Waals surface area contributed by atoms with Crippen LogP contribution in [0.25, 0.3) is 0 Å². The van der Waals surface area contributed by atoms with Gasteiger partial charge in [0.05, 0.1) is 11.2 Å². The van der Waals surface area contributed by atoms with Crippen molar-refractivity contribution in [1.82, 2.24) is 10.3 Å². The van der Waals surface area contributed by atoms with Crippen molar-refractivity contribution >= 4 is 11.3 Å². The van der Waals surface area contributed by atoms with Gasteiger partial charge in [0.25, 0.3) is 0 Å². The van der Waals surface area contributed by atoms with E-state index in [0.717, 1.165) is 18.4 Å². The van der Waals surface area contributed by atoms with Crippen molar-refractivity contribution in [2.45, 2.75) is 39.2 Å². The number of nitrogens with one attached hydrogen (secondary N) is 1. The lowest BCUT2D eigenvalue weighted by molar-refractivity contribution is 0.281. The van der Waals surface area contributed by atoms with Gasteiger partial charge in [-0.05, 0) is 31.2 Å². The van der Waals surface area contributed by atoms with Gasteiger partial charge in [0.1, 0.15) is 0 Å². The van der Waals surface area contributed by atoms with E-state index in [1.165, 1.54) is 37.9 Å². The molecule has 1 fully saturated rings. The molecule has 0 atom stereocenters. The highest BCUT2D eigenvalue weighted by Gasteiger charge is 2.17. The summed E-state index contributed by atoms with van der Waals surface area (Å²) in [5, 5.41) is 5.64. The molecule has 1 heterocycles. The third-order valence-electron chi connectivity index (χ3n) is 3.36. The Balaban J connectivity index is 1.62. The van der Waals surface area contributed by atoms with Crippen molar-refractivity contribution in [2.24, 2.45) is 11.8 Å². The lowest BCUT2D eigenvalue weighted by atomic mass is 9.83. The molecule has 0 saturated heterocycles. The molecule has 3 heteroatoms. The number of hydrogen-bond donors (Lipinski definition) is 1. The highest BCUT2D eigenvalue weighted by Crippen LogP contribution is 2.27. The van der Waals surface area contributed by atoms with Gasteiger partial charge < -0.3 is 5.32 Å². The summed E-state index contributed by atoms with van der Waals surface area (Å²) in [6.45, 7) is 4.48. The fourth-order valence-electron chi connectivity index (χ4n) is 2.26. The Morgan fingerprint density at radius 3 is 2.87 bits per heavy atom. The Kier molecular flexibility index (Phi) is 4.15. The normalized spacial score (nSPS) is 26.7. The van der Waals surface area contributed by atoms with Crippen molar-refractivity contribution in [3.05, 3.63) is 16.6 Å². The van der Waals surface area contributed by atoms with Crippen molar-refractivity contribution in [1.29, 1.82) is 0 Å². The highest BCUT2D eigenvalue weighted by molar-refractivity contribution is 7.07. The molecule has 1 aliphatic rings. The van der Waals surface area contributed by atoms with Gasteiger partial charge in [0.2, 0.25) is 0 Å². The van der Waals surface area contributed by atoms with Crippen LogP contribution >= 0.6 is 11.3 Å². The first kappa shape index (κ1) is 11.1. The monoisotopic (exact) mass is 224 g/mol. The van der Waals surface area contributed by atoms with E-state index in [0.29, 0.717) is 0 Å². The average Bonchev–Trinajstić information content (AvgIpc) is 2.74. The summed E-state index contributed by atoms with van der Waals surface area (Å²) in [7, 11) is 0. The fraction of sp³-hybridized carbons (Fsp3) is 0.750. The maximum atomic E-state index is 4.27. The van der Waals surface area contributed by atoms with Crippen LogP contribution in [0.4, 0.5) is 0 Å². The third-order valence-corrected chi connectivity index (χ3v) is 3.99. The lowest BCUT2D eigenvalue weighted by Gasteiger charge is -2.26. The third kappa shape index (κ3) is 3.58. The van der Waals surface area contributed by atoms with Gasteiger partial charge in [0, 0.05) is 11.9 Å². The summed E-state index contributed by atoms with van der Waals surface area (Å²) in [6, 6.07) is 0. The summed E-state index contributed by atoms with van der Waals surface area (Å²) < 4.78 is 0. The summed E-state index contributed by atoms with van der Waals surface area (Å²) in [4.78, 5) is 4.27. The second-order valence-electron chi connectivity index (χ2n) is 4.74. The largest absolute Gasteiger partial charge is 0.311 e. The molecule has 15 heavy (non-hydrogen) atoms. The van der Waals surface area contributed by atoms with E-state index in [1.807, 2.05) is 5.51 Å². The molecule has 2 rings (SSSR count). The van der Waals surface area contributed by atoms with Gasteiger partial charge in [-0.15, -0.1) is 11.3 Å². The summed E-state index contributed by atoms with van der Waals surface area (Å²) in [5.74, 6) is 1.86. The topological polar surface area (TPSA) is 24.9 Å². The molecule has 0 aromatic carbocycles. The minimum absolute atomic E-state index is 0.903. The van der Waals surface area contributed by atoms with Crippen LogP contribution in [-0.4, -0.2) is 11.5 Å². The van der Waals surface area contributed by atoms with Gasteiger partial charge in [-0.1, -0.05) is 19.8 Å². The molecular weight excluding hydrogens is 204 g/mol. The zero-order valence-corrected chi connectivity index (χ0v) is 10.2. The summed E-state index contributed by atoms with van der Waals surface area (Å²) in [6.07, 6.45) is 5.66. The van der Waals surface area contributed by atoms with Crippen molar-refractivity contribution < 1.29 is 0 Å². The van der Waals surface area contributed by atoms with Crippen molar-refractivity contribution in [3.8, 4) is 0 Å². The Bertz CT molecular complexity index is 263. The van der Waals surface area contributed by atoms with Crippen LogP contribution < -0.4 is 5.32 Å². The fourth-order valence-corrected chi connectivity index (χ4v) is 2.82. The molecule has 1 N–H and O–H groups in total. The van der Waals surface area contributed by atoms with E-state index < -0.39 is 0 Å². The lowest BCUT2D eigenvalue weighted by Crippen LogP contribution is -2.25. The SMILES string of the molecule is CC1CCC(CNCc2cscn2)CC1. The Morgan fingerprint density at radius 2 is 2.20 bits per heavy atom. The van der Waals surface area contributed by atoms with Crippen LogP contribution in [0.5, 0.6) is 0 Å². The molecule has 0 spiro atoms. The first-order chi connectivity index (χ1) is 7.34. The van der Waals surface area contributed by atoms with E-state index in [1.54, 1.807) is 11.3 Å². The van der Waals surface area contributed by atoms with E-state index >= 15 is 0 Å². The van der Waals surface area contributed by atoms with Crippen LogP contribution in [0.3, 0.4) is 0 Å². The number of hydrogen-bond acceptors (Lipinski definition) is 3. The van der Waals surface area contributed by atoms with Gasteiger partial charge in [-0.25, -0.2) is 4.98 Å². The summed E-state index contributed by atoms with van der Waals surface area (Å²) in [5.41, 5.74) is 3.09. The Morgan fingerprint density at radius 1 is 1.40 bits per heavy atom. The molecule has 84 valence electrons. The minimum Gasteiger partial charge on any atom is -0.311 e. The predicted octanol–water partition coefficient (Wildman–Crippen LogP) is 3.06. The standard InChI is InChI=1S/C12H20N2S/c1-10-2-4-11(5-3-10)6-13-7-12-8-15-9-14-12/h8-11,13H,2-7H2,1H3. The quantitative estimate of drug-likeness (QED) is 0.850. The maximum Gasteiger partial charge on any atom is 0.0795 e. The zero-order valence-electron chi connectivity index (χ0n) is 9.41. The van der Waals surface area contributed by atoms with E-state index in [-0.39, 0.29) is 0 Å². The molecular formula is C12H20N2S. The smallest absolute Gasteiger partial charge is 0.0795 e. The van der Waals surface area contributed by atoms with Crippen LogP contribution in [0.15, 0.2) is 10.9 Å². The number of thiazole rings is 1. The van der Waals surface area contributed by atoms with E-state index in [2.05, 4.69) is 22.6 Å². The molecule has 0 aliphatic heterocycles. The number of aromatic nitrogens is 1. The second-order valence-corrected chi connectivity index (χ2v) is 5.46. The zero-order chi connectivity index (χ0) is 10.5. The molecule has 0 radical (unpaired) electrons. The van der Waals surface area contributed by atoms with Crippen LogP contribution in [0.1, 0.15) is 38.3 Å². The predicted molar refractivity (Wildman–Crippen MR) is 64.9 cm³/mol. The van der Waals surface area contributed by atoms with E-state index in [9.17, 15) is 0 Å². The molecule has 0 unspecified atom stereocenters. The summed E-state index contributed by atoms with van der Waals surface area (Å²) >= 11 is 1.67. The number of nitrogens with zero attached hydrogens (tertiary/aromatic N) is 1. The van der Waals surface area contributed by atoms with Crippen molar-refractivity contribution in [3.63, 3.8) is 0 Å². The maximum absolute atomic E-state index is 4.27. The van der Waals surface area contributed by atoms with Gasteiger partial charge in [0.15, 0.2) is 0 Å². The average molecular weight is 224 g/mol. The second kappa shape index (κ2) is 5.61. The highest BCUT2D eigenvalue weighted by atomic mass is 32.1. The van der Waals surface area contributed by atoms with Crippen LogP contribution in [0.2, 0.25) is 0 Å². The minimum atomic E-state index is 0.903. The molecule has 0 bridgehead atoms. The first-order valence-corrected chi connectivity index (χ1v) is 6.86. The molecule has 1 aromatic heterocycles. The number of rotatable bonds is 4. The van der Waals surface area contributed by atoms with Gasteiger partial charge >= 0.3 is 0 Å². The first-order valence-electron chi connectivity index (χ1n) is 5.92. The molecule has 1 saturated carbocycles. The Hall–Kier alpha value is -0.410. The van der Waals surface area contributed by atoms with E-state index in [4.69, 9.17) is 0 Å². The molecule has 2 nitrogen and oxygen atoms in total. The molecule has 0 amide bonds. The molecule has 1 aliphatic carbocycles. The van der Waals surface area contributed by atoms with Crippen LogP contribution in [0, 0.1) is 11.8 Å². The van der Waals surface area contributed by atoms with Crippen LogP contribution in [-0.2, 0) is 6.54 Å². The molecule has 1 aromatic rings. The van der Waals surface area contributed by atoms with Gasteiger partial charge in [-0.2, -0.15) is 0 Å². The Labute approximate surface area is 96.1 Å². The van der Waals surface area contributed by atoms with Gasteiger partial charge in [-0.3, -0.25) is 0 Å². The van der Waals surface area contributed by atoms with Crippen molar-refractivity contribution in [2.75, 3.05) is 6.54 Å².